The monoisotopic (exact) mass is 306 g/mol. The second-order valence-corrected chi connectivity index (χ2v) is 4.89. The standard InChI is InChI=1S/C15H12F2N2OS/c1-8-3-2-4-10(13(8)17)15(20)19-12-6-5-9(14(18)21)7-11(12)16/h2-7H,1H3,(H2,18,21)(H,19,20). The maximum atomic E-state index is 13.8. The van der Waals surface area contributed by atoms with Gasteiger partial charge in [-0.3, -0.25) is 4.79 Å². The predicted molar refractivity (Wildman–Crippen MR) is 81.4 cm³/mol. The highest BCUT2D eigenvalue weighted by atomic mass is 32.1. The highest BCUT2D eigenvalue weighted by Gasteiger charge is 2.15. The van der Waals surface area contributed by atoms with Gasteiger partial charge in [0.05, 0.1) is 11.3 Å². The molecular formula is C15H12F2N2OS. The molecule has 0 aliphatic heterocycles. The van der Waals surface area contributed by atoms with Crippen molar-refractivity contribution in [3.8, 4) is 0 Å². The van der Waals surface area contributed by atoms with Crippen LogP contribution < -0.4 is 11.1 Å². The summed E-state index contributed by atoms with van der Waals surface area (Å²) in [6.45, 7) is 1.55. The van der Waals surface area contributed by atoms with E-state index in [1.165, 1.54) is 18.2 Å². The van der Waals surface area contributed by atoms with E-state index in [-0.39, 0.29) is 16.2 Å². The van der Waals surface area contributed by atoms with E-state index in [4.69, 9.17) is 18.0 Å². The second kappa shape index (κ2) is 5.97. The van der Waals surface area contributed by atoms with E-state index in [1.54, 1.807) is 19.1 Å². The van der Waals surface area contributed by atoms with Crippen LogP contribution in [-0.4, -0.2) is 10.9 Å². The van der Waals surface area contributed by atoms with Gasteiger partial charge in [0.1, 0.15) is 16.6 Å². The Morgan fingerprint density at radius 1 is 1.24 bits per heavy atom. The Morgan fingerprint density at radius 3 is 2.57 bits per heavy atom. The average molecular weight is 306 g/mol. The third-order valence-electron chi connectivity index (χ3n) is 2.94. The minimum absolute atomic E-state index is 0.0523. The third kappa shape index (κ3) is 3.22. The number of hydrogen-bond donors (Lipinski definition) is 2. The van der Waals surface area contributed by atoms with Gasteiger partial charge in [0.2, 0.25) is 0 Å². The van der Waals surface area contributed by atoms with Crippen LogP contribution in [0.5, 0.6) is 0 Å². The minimum atomic E-state index is -0.724. The van der Waals surface area contributed by atoms with Gasteiger partial charge >= 0.3 is 0 Å². The summed E-state index contributed by atoms with van der Waals surface area (Å²) in [7, 11) is 0. The van der Waals surface area contributed by atoms with Crippen molar-refractivity contribution in [3.63, 3.8) is 0 Å². The van der Waals surface area contributed by atoms with Gasteiger partial charge in [0, 0.05) is 5.56 Å². The highest BCUT2D eigenvalue weighted by Crippen LogP contribution is 2.18. The lowest BCUT2D eigenvalue weighted by Gasteiger charge is -2.09. The van der Waals surface area contributed by atoms with Crippen LogP contribution in [0.3, 0.4) is 0 Å². The van der Waals surface area contributed by atoms with Crippen LogP contribution in [0.1, 0.15) is 21.5 Å². The van der Waals surface area contributed by atoms with Crippen LogP contribution >= 0.6 is 12.2 Å². The largest absolute Gasteiger partial charge is 0.389 e. The van der Waals surface area contributed by atoms with Crippen LogP contribution in [0.4, 0.5) is 14.5 Å². The zero-order valence-corrected chi connectivity index (χ0v) is 11.9. The Bertz CT molecular complexity index is 732. The molecule has 0 aromatic heterocycles. The minimum Gasteiger partial charge on any atom is -0.389 e. The van der Waals surface area contributed by atoms with Gasteiger partial charge in [-0.25, -0.2) is 8.78 Å². The van der Waals surface area contributed by atoms with E-state index < -0.39 is 17.5 Å². The van der Waals surface area contributed by atoms with E-state index in [1.807, 2.05) is 0 Å². The van der Waals surface area contributed by atoms with E-state index in [2.05, 4.69) is 5.32 Å². The van der Waals surface area contributed by atoms with Gasteiger partial charge in [-0.1, -0.05) is 24.4 Å². The van der Waals surface area contributed by atoms with Crippen molar-refractivity contribution in [3.05, 3.63) is 64.7 Å². The maximum Gasteiger partial charge on any atom is 0.258 e. The van der Waals surface area contributed by atoms with Gasteiger partial charge in [0.25, 0.3) is 5.91 Å². The number of rotatable bonds is 3. The van der Waals surface area contributed by atoms with Crippen LogP contribution in [0, 0.1) is 18.6 Å². The normalized spacial score (nSPS) is 10.2. The van der Waals surface area contributed by atoms with E-state index in [0.717, 1.165) is 6.07 Å². The Hall–Kier alpha value is -2.34. The molecule has 1 amide bonds. The van der Waals surface area contributed by atoms with E-state index >= 15 is 0 Å². The quantitative estimate of drug-likeness (QED) is 0.857. The van der Waals surface area contributed by atoms with Crippen molar-refractivity contribution in [1.29, 1.82) is 0 Å². The van der Waals surface area contributed by atoms with Crippen molar-refractivity contribution in [2.45, 2.75) is 6.92 Å². The lowest BCUT2D eigenvalue weighted by Crippen LogP contribution is -2.16. The molecule has 0 saturated heterocycles. The fourth-order valence-corrected chi connectivity index (χ4v) is 1.91. The van der Waals surface area contributed by atoms with Crippen LogP contribution in [0.2, 0.25) is 0 Å². The average Bonchev–Trinajstić information content (AvgIpc) is 2.43. The summed E-state index contributed by atoms with van der Waals surface area (Å²) >= 11 is 4.73. The molecule has 21 heavy (non-hydrogen) atoms. The summed E-state index contributed by atoms with van der Waals surface area (Å²) in [6, 6.07) is 8.36. The van der Waals surface area contributed by atoms with Gasteiger partial charge < -0.3 is 11.1 Å². The number of nitrogens with one attached hydrogen (secondary N) is 1. The number of carbonyl (C=O) groups is 1. The van der Waals surface area contributed by atoms with Crippen molar-refractivity contribution >= 4 is 28.8 Å². The zero-order chi connectivity index (χ0) is 15.6. The molecule has 0 unspecified atom stereocenters. The molecule has 0 bridgehead atoms. The van der Waals surface area contributed by atoms with Crippen LogP contribution in [0.25, 0.3) is 0 Å². The number of amides is 1. The number of anilines is 1. The summed E-state index contributed by atoms with van der Waals surface area (Å²) in [4.78, 5) is 12.0. The second-order valence-electron chi connectivity index (χ2n) is 4.45. The molecule has 0 saturated carbocycles. The first kappa shape index (κ1) is 15.1. The summed E-state index contributed by atoms with van der Waals surface area (Å²) < 4.78 is 27.7. The SMILES string of the molecule is Cc1cccc(C(=O)Nc2ccc(C(N)=S)cc2F)c1F. The number of halogens is 2. The fraction of sp³-hybridized carbons (Fsp3) is 0.0667. The molecule has 2 rings (SSSR count). The first-order chi connectivity index (χ1) is 9.90. The van der Waals surface area contributed by atoms with Gasteiger partial charge in [-0.05, 0) is 36.8 Å². The molecule has 2 aromatic rings. The summed E-state index contributed by atoms with van der Waals surface area (Å²) in [6.07, 6.45) is 0. The highest BCUT2D eigenvalue weighted by molar-refractivity contribution is 7.80. The van der Waals surface area contributed by atoms with Gasteiger partial charge in [0.15, 0.2) is 0 Å². The van der Waals surface area contributed by atoms with E-state index in [0.29, 0.717) is 11.1 Å². The molecule has 0 radical (unpaired) electrons. The molecule has 2 aromatic carbocycles. The number of thiocarbonyl (C=S) groups is 1. The van der Waals surface area contributed by atoms with E-state index in [9.17, 15) is 13.6 Å². The lowest BCUT2D eigenvalue weighted by molar-refractivity contribution is 0.102. The summed E-state index contributed by atoms with van der Waals surface area (Å²) in [5.74, 6) is -2.05. The van der Waals surface area contributed by atoms with Crippen molar-refractivity contribution in [1.82, 2.24) is 0 Å². The first-order valence-corrected chi connectivity index (χ1v) is 6.47. The topological polar surface area (TPSA) is 55.1 Å². The van der Waals surface area contributed by atoms with Crippen molar-refractivity contribution in [2.24, 2.45) is 5.73 Å². The number of benzene rings is 2. The fourth-order valence-electron chi connectivity index (χ4n) is 1.78. The maximum absolute atomic E-state index is 13.8. The number of aryl methyl sites for hydroxylation is 1. The number of nitrogens with two attached hydrogens (primary N) is 1. The zero-order valence-electron chi connectivity index (χ0n) is 11.1. The molecule has 0 heterocycles. The molecule has 0 fully saturated rings. The molecule has 3 N–H and O–H groups in total. The van der Waals surface area contributed by atoms with Gasteiger partial charge in [-0.2, -0.15) is 0 Å². The molecule has 0 aliphatic carbocycles. The predicted octanol–water partition coefficient (Wildman–Crippen LogP) is 3.16. The summed E-state index contributed by atoms with van der Waals surface area (Å²) in [5, 5.41) is 2.32. The smallest absolute Gasteiger partial charge is 0.258 e. The molecule has 6 heteroatoms. The third-order valence-corrected chi connectivity index (χ3v) is 3.17. The Kier molecular flexibility index (Phi) is 4.28. The van der Waals surface area contributed by atoms with Gasteiger partial charge in [-0.15, -0.1) is 0 Å². The van der Waals surface area contributed by atoms with Crippen molar-refractivity contribution < 1.29 is 13.6 Å². The molecule has 0 atom stereocenters. The molecule has 0 aliphatic rings. The summed E-state index contributed by atoms with van der Waals surface area (Å²) in [5.41, 5.74) is 5.86. The molecule has 3 nitrogen and oxygen atoms in total. The lowest BCUT2D eigenvalue weighted by atomic mass is 10.1. The molecular weight excluding hydrogens is 294 g/mol. The van der Waals surface area contributed by atoms with Crippen molar-refractivity contribution in [2.75, 3.05) is 5.32 Å². The molecule has 108 valence electrons. The first-order valence-electron chi connectivity index (χ1n) is 6.06. The Morgan fingerprint density at radius 2 is 1.95 bits per heavy atom. The molecule has 0 spiro atoms. The Labute approximate surface area is 125 Å². The number of hydrogen-bond acceptors (Lipinski definition) is 2. The van der Waals surface area contributed by atoms with Crippen LogP contribution in [-0.2, 0) is 0 Å². The Balaban J connectivity index is 2.28. The van der Waals surface area contributed by atoms with Crippen LogP contribution in [0.15, 0.2) is 36.4 Å². The number of carbonyl (C=O) groups excluding carboxylic acids is 1.